The molecule has 0 aliphatic heterocycles. The second-order valence-corrected chi connectivity index (χ2v) is 5.81. The fraction of sp³-hybridized carbons (Fsp3) is 0.385. The normalized spacial score (nSPS) is 10.7. The molecule has 5 nitrogen and oxygen atoms in total. The highest BCUT2D eigenvalue weighted by molar-refractivity contribution is 7.15. The molecule has 0 saturated heterocycles. The molecule has 0 radical (unpaired) electrons. The third-order valence-electron chi connectivity index (χ3n) is 2.57. The molecule has 0 atom stereocenters. The van der Waals surface area contributed by atoms with Crippen LogP contribution in [0.1, 0.15) is 30.1 Å². The smallest absolute Gasteiger partial charge is 0.220 e. The Kier molecular flexibility index (Phi) is 3.76. The second-order valence-electron chi connectivity index (χ2n) is 4.72. The second kappa shape index (κ2) is 5.33. The third-order valence-corrected chi connectivity index (χ3v) is 3.75. The van der Waals surface area contributed by atoms with Crippen molar-refractivity contribution in [3.8, 4) is 16.6 Å². The fourth-order valence-electron chi connectivity index (χ4n) is 1.76. The Balaban J connectivity index is 2.50. The molecule has 0 aliphatic carbocycles. The number of anilines is 1. The summed E-state index contributed by atoms with van der Waals surface area (Å²) in [7, 11) is 0. The molecule has 0 aromatic carbocycles. The van der Waals surface area contributed by atoms with E-state index in [1.807, 2.05) is 6.92 Å². The summed E-state index contributed by atoms with van der Waals surface area (Å²) in [5.41, 5.74) is 7.51. The molecule has 0 fully saturated rings. The SMILES string of the molecule is Cc1nc(CC(C)C)sc1-c1nc(N)ncc1C#N. The van der Waals surface area contributed by atoms with Crippen LogP contribution >= 0.6 is 11.3 Å². The zero-order valence-corrected chi connectivity index (χ0v) is 12.0. The Morgan fingerprint density at radius 3 is 2.79 bits per heavy atom. The Bertz CT molecular complexity index is 639. The Labute approximate surface area is 116 Å². The van der Waals surface area contributed by atoms with Crippen LogP contribution in [0.5, 0.6) is 0 Å². The maximum atomic E-state index is 9.13. The predicted octanol–water partition coefficient (Wildman–Crippen LogP) is 2.56. The number of aryl methyl sites for hydroxylation is 1. The third kappa shape index (κ3) is 2.88. The molecule has 2 aromatic rings. The maximum Gasteiger partial charge on any atom is 0.220 e. The molecule has 0 bridgehead atoms. The molecule has 0 saturated carbocycles. The number of rotatable bonds is 3. The van der Waals surface area contributed by atoms with Crippen molar-refractivity contribution in [2.75, 3.05) is 5.73 Å². The summed E-state index contributed by atoms with van der Waals surface area (Å²) in [6.07, 6.45) is 2.38. The molecule has 0 aliphatic rings. The summed E-state index contributed by atoms with van der Waals surface area (Å²) in [6, 6.07) is 2.10. The van der Waals surface area contributed by atoms with E-state index in [9.17, 15) is 0 Å². The number of nitriles is 1. The van der Waals surface area contributed by atoms with E-state index in [0.717, 1.165) is 22.0 Å². The van der Waals surface area contributed by atoms with Crippen molar-refractivity contribution < 1.29 is 0 Å². The summed E-state index contributed by atoms with van der Waals surface area (Å²) in [6.45, 7) is 6.23. The number of nitrogens with two attached hydrogens (primary N) is 1. The number of nitrogens with zero attached hydrogens (tertiary/aromatic N) is 4. The Hall–Kier alpha value is -2.00. The predicted molar refractivity (Wildman–Crippen MR) is 75.5 cm³/mol. The molecule has 98 valence electrons. The van der Waals surface area contributed by atoms with Gasteiger partial charge in [-0.1, -0.05) is 13.8 Å². The van der Waals surface area contributed by atoms with Gasteiger partial charge in [0.2, 0.25) is 5.95 Å². The number of hydrogen-bond acceptors (Lipinski definition) is 6. The van der Waals surface area contributed by atoms with Crippen LogP contribution in [-0.4, -0.2) is 15.0 Å². The zero-order chi connectivity index (χ0) is 14.0. The first kappa shape index (κ1) is 13.4. The van der Waals surface area contributed by atoms with Crippen molar-refractivity contribution in [1.29, 1.82) is 5.26 Å². The van der Waals surface area contributed by atoms with Gasteiger partial charge in [-0.15, -0.1) is 11.3 Å². The molecule has 0 spiro atoms. The molecular weight excluding hydrogens is 258 g/mol. The minimum atomic E-state index is 0.173. The highest BCUT2D eigenvalue weighted by atomic mass is 32.1. The molecular formula is C13H15N5S. The van der Waals surface area contributed by atoms with Crippen LogP contribution in [-0.2, 0) is 6.42 Å². The van der Waals surface area contributed by atoms with Crippen LogP contribution in [0, 0.1) is 24.2 Å². The Morgan fingerprint density at radius 1 is 1.42 bits per heavy atom. The van der Waals surface area contributed by atoms with Gasteiger partial charge in [0, 0.05) is 6.42 Å². The zero-order valence-electron chi connectivity index (χ0n) is 11.1. The summed E-state index contributed by atoms with van der Waals surface area (Å²) in [4.78, 5) is 13.5. The van der Waals surface area contributed by atoms with Gasteiger partial charge in [-0.25, -0.2) is 15.0 Å². The average Bonchev–Trinajstić information content (AvgIpc) is 2.69. The van der Waals surface area contributed by atoms with E-state index in [1.54, 1.807) is 11.3 Å². The standard InChI is InChI=1S/C13H15N5S/c1-7(2)4-10-17-8(3)12(19-10)11-9(5-14)6-16-13(15)18-11/h6-7H,4H2,1-3H3,(H2,15,16,18). The van der Waals surface area contributed by atoms with E-state index in [1.165, 1.54) is 6.20 Å². The highest BCUT2D eigenvalue weighted by Gasteiger charge is 2.16. The van der Waals surface area contributed by atoms with Crippen molar-refractivity contribution in [2.45, 2.75) is 27.2 Å². The van der Waals surface area contributed by atoms with Crippen molar-refractivity contribution in [3.63, 3.8) is 0 Å². The van der Waals surface area contributed by atoms with E-state index in [4.69, 9.17) is 11.0 Å². The highest BCUT2D eigenvalue weighted by Crippen LogP contribution is 2.31. The van der Waals surface area contributed by atoms with E-state index in [-0.39, 0.29) is 5.95 Å². The van der Waals surface area contributed by atoms with Gasteiger partial charge < -0.3 is 5.73 Å². The molecule has 6 heteroatoms. The first-order chi connectivity index (χ1) is 9.01. The van der Waals surface area contributed by atoms with Crippen molar-refractivity contribution in [3.05, 3.63) is 22.5 Å². The van der Waals surface area contributed by atoms with E-state index in [2.05, 4.69) is 34.9 Å². The molecule has 2 heterocycles. The lowest BCUT2D eigenvalue weighted by Gasteiger charge is -2.01. The van der Waals surface area contributed by atoms with Gasteiger partial charge in [0.05, 0.1) is 27.3 Å². The van der Waals surface area contributed by atoms with E-state index >= 15 is 0 Å². The summed E-state index contributed by atoms with van der Waals surface area (Å²) in [5.74, 6) is 0.719. The lowest BCUT2D eigenvalue weighted by molar-refractivity contribution is 0.643. The van der Waals surface area contributed by atoms with Gasteiger partial charge in [0.1, 0.15) is 11.8 Å². The average molecular weight is 273 g/mol. The van der Waals surface area contributed by atoms with Crippen LogP contribution < -0.4 is 5.73 Å². The quantitative estimate of drug-likeness (QED) is 0.928. The maximum absolute atomic E-state index is 9.13. The number of hydrogen-bond donors (Lipinski definition) is 1. The summed E-state index contributed by atoms with van der Waals surface area (Å²) in [5, 5.41) is 10.2. The fourth-order valence-corrected chi connectivity index (χ4v) is 3.04. The minimum absolute atomic E-state index is 0.173. The molecule has 2 aromatic heterocycles. The lowest BCUT2D eigenvalue weighted by Crippen LogP contribution is -1.98. The number of thiazole rings is 1. The van der Waals surface area contributed by atoms with Gasteiger partial charge in [0.25, 0.3) is 0 Å². The molecule has 0 amide bonds. The molecule has 19 heavy (non-hydrogen) atoms. The summed E-state index contributed by atoms with van der Waals surface area (Å²) >= 11 is 1.57. The van der Waals surface area contributed by atoms with Crippen molar-refractivity contribution >= 4 is 17.3 Å². The van der Waals surface area contributed by atoms with Crippen LogP contribution in [0.2, 0.25) is 0 Å². The first-order valence-electron chi connectivity index (χ1n) is 6.00. The largest absolute Gasteiger partial charge is 0.368 e. The number of aromatic nitrogens is 3. The monoisotopic (exact) mass is 273 g/mol. The number of nitrogen functional groups attached to an aromatic ring is 1. The van der Waals surface area contributed by atoms with Crippen LogP contribution in [0.15, 0.2) is 6.20 Å². The van der Waals surface area contributed by atoms with Gasteiger partial charge in [-0.2, -0.15) is 5.26 Å². The van der Waals surface area contributed by atoms with Gasteiger partial charge in [0.15, 0.2) is 0 Å². The lowest BCUT2D eigenvalue weighted by atomic mass is 10.1. The molecule has 2 rings (SSSR count). The minimum Gasteiger partial charge on any atom is -0.368 e. The van der Waals surface area contributed by atoms with E-state index in [0.29, 0.717) is 17.2 Å². The van der Waals surface area contributed by atoms with Gasteiger partial charge in [-0.05, 0) is 12.8 Å². The topological polar surface area (TPSA) is 88.5 Å². The Morgan fingerprint density at radius 2 is 2.16 bits per heavy atom. The van der Waals surface area contributed by atoms with Gasteiger partial charge >= 0.3 is 0 Å². The first-order valence-corrected chi connectivity index (χ1v) is 6.82. The molecule has 0 unspecified atom stereocenters. The summed E-state index contributed by atoms with van der Waals surface area (Å²) < 4.78 is 0. The van der Waals surface area contributed by atoms with Crippen molar-refractivity contribution in [1.82, 2.24) is 15.0 Å². The van der Waals surface area contributed by atoms with Crippen molar-refractivity contribution in [2.24, 2.45) is 5.92 Å². The van der Waals surface area contributed by atoms with Crippen LogP contribution in [0.25, 0.3) is 10.6 Å². The van der Waals surface area contributed by atoms with E-state index < -0.39 is 0 Å². The van der Waals surface area contributed by atoms with Gasteiger partial charge in [-0.3, -0.25) is 0 Å². The van der Waals surface area contributed by atoms with Crippen LogP contribution in [0.4, 0.5) is 5.95 Å². The van der Waals surface area contributed by atoms with Crippen LogP contribution in [0.3, 0.4) is 0 Å². The molecule has 2 N–H and O–H groups in total.